The fourth-order valence-corrected chi connectivity index (χ4v) is 1.96. The summed E-state index contributed by atoms with van der Waals surface area (Å²) in [4.78, 5) is 0. The lowest BCUT2D eigenvalue weighted by molar-refractivity contribution is 0.793. The number of hydrogen-bond donors (Lipinski definition) is 0. The molecule has 1 aliphatic rings. The molecule has 0 aromatic heterocycles. The second-order valence-electron chi connectivity index (χ2n) is 3.46. The topological polar surface area (TPSA) is 0 Å². The summed E-state index contributed by atoms with van der Waals surface area (Å²) in [6.07, 6.45) is 12.3. The van der Waals surface area contributed by atoms with E-state index < -0.39 is 0 Å². The fraction of sp³-hybridized carbons (Fsp3) is 0.667. The first-order valence-corrected chi connectivity index (χ1v) is 5.23. The molecule has 0 spiro atoms. The number of allylic oxidation sites excluding steroid dienone is 4. The first-order valence-electron chi connectivity index (χ1n) is 5.23. The molecular formula is C12H20. The van der Waals surface area contributed by atoms with Crippen LogP contribution >= 0.6 is 0 Å². The molecule has 68 valence electrons. The quantitative estimate of drug-likeness (QED) is 0.536. The van der Waals surface area contributed by atoms with Gasteiger partial charge in [0, 0.05) is 0 Å². The maximum atomic E-state index is 2.34. The molecule has 0 saturated carbocycles. The summed E-state index contributed by atoms with van der Waals surface area (Å²) in [6, 6.07) is 0. The van der Waals surface area contributed by atoms with Crippen LogP contribution in [0, 0.1) is 0 Å². The number of rotatable bonds is 2. The maximum absolute atomic E-state index is 2.34. The van der Waals surface area contributed by atoms with Gasteiger partial charge in [0.1, 0.15) is 0 Å². The van der Waals surface area contributed by atoms with Crippen molar-refractivity contribution >= 4 is 0 Å². The highest BCUT2D eigenvalue weighted by Crippen LogP contribution is 2.24. The van der Waals surface area contributed by atoms with Gasteiger partial charge in [-0.05, 0) is 38.5 Å². The molecule has 0 aromatic rings. The largest absolute Gasteiger partial charge is 0.0882 e. The zero-order valence-corrected chi connectivity index (χ0v) is 8.40. The van der Waals surface area contributed by atoms with Crippen LogP contribution in [0.3, 0.4) is 0 Å². The van der Waals surface area contributed by atoms with Crippen molar-refractivity contribution in [3.63, 3.8) is 0 Å². The average molecular weight is 164 g/mol. The normalized spacial score (nSPS) is 21.8. The highest BCUT2D eigenvalue weighted by molar-refractivity contribution is 5.16. The van der Waals surface area contributed by atoms with Gasteiger partial charge in [-0.25, -0.2) is 0 Å². The molecule has 0 saturated heterocycles. The van der Waals surface area contributed by atoms with Gasteiger partial charge in [-0.2, -0.15) is 0 Å². The molecule has 0 nitrogen and oxygen atoms in total. The maximum Gasteiger partial charge on any atom is -0.0283 e. The molecule has 0 N–H and O–H groups in total. The molecule has 0 amide bonds. The summed E-state index contributed by atoms with van der Waals surface area (Å²) in [5.74, 6) is 0. The van der Waals surface area contributed by atoms with Crippen molar-refractivity contribution in [3.05, 3.63) is 23.3 Å². The second kappa shape index (κ2) is 5.18. The summed E-state index contributed by atoms with van der Waals surface area (Å²) in [7, 11) is 0. The highest BCUT2D eigenvalue weighted by atomic mass is 14.1. The summed E-state index contributed by atoms with van der Waals surface area (Å²) in [5, 5.41) is 0. The lowest BCUT2D eigenvalue weighted by Gasteiger charge is -2.13. The minimum absolute atomic E-state index is 1.26. The van der Waals surface area contributed by atoms with Crippen LogP contribution in [0.25, 0.3) is 0 Å². The van der Waals surface area contributed by atoms with Crippen molar-refractivity contribution < 1.29 is 0 Å². The van der Waals surface area contributed by atoms with Crippen molar-refractivity contribution in [1.29, 1.82) is 0 Å². The number of hydrogen-bond acceptors (Lipinski definition) is 0. The molecule has 0 aromatic carbocycles. The summed E-state index contributed by atoms with van der Waals surface area (Å²) in [6.45, 7) is 4.58. The fourth-order valence-electron chi connectivity index (χ4n) is 1.96. The first-order chi connectivity index (χ1) is 5.88. The van der Waals surface area contributed by atoms with E-state index in [1.807, 2.05) is 0 Å². The third-order valence-electron chi connectivity index (χ3n) is 2.75. The van der Waals surface area contributed by atoms with Gasteiger partial charge >= 0.3 is 0 Å². The van der Waals surface area contributed by atoms with Crippen LogP contribution in [0.5, 0.6) is 0 Å². The van der Waals surface area contributed by atoms with E-state index in [2.05, 4.69) is 26.0 Å². The van der Waals surface area contributed by atoms with Gasteiger partial charge in [-0.1, -0.05) is 37.1 Å². The second-order valence-corrected chi connectivity index (χ2v) is 3.46. The monoisotopic (exact) mass is 164 g/mol. The molecule has 0 aliphatic heterocycles. The van der Waals surface area contributed by atoms with E-state index in [9.17, 15) is 0 Å². The third kappa shape index (κ3) is 2.51. The van der Waals surface area contributed by atoms with Crippen LogP contribution in [-0.2, 0) is 0 Å². The molecule has 0 heterocycles. The van der Waals surface area contributed by atoms with Crippen molar-refractivity contribution in [3.8, 4) is 0 Å². The standard InChI is InChI=1S/C12H20/c1-3-11-9-7-5-6-8-10-12(11)4-2/h5-6H,3-4,7-10H2,1-2H3/b6-5+,12-11?. The third-order valence-corrected chi connectivity index (χ3v) is 2.75. The molecule has 0 bridgehead atoms. The van der Waals surface area contributed by atoms with Gasteiger partial charge in [0.2, 0.25) is 0 Å². The van der Waals surface area contributed by atoms with Crippen LogP contribution < -0.4 is 0 Å². The van der Waals surface area contributed by atoms with E-state index in [1.165, 1.54) is 38.5 Å². The zero-order valence-electron chi connectivity index (χ0n) is 8.40. The van der Waals surface area contributed by atoms with Gasteiger partial charge in [0.15, 0.2) is 0 Å². The Morgan fingerprint density at radius 2 is 1.33 bits per heavy atom. The molecular weight excluding hydrogens is 144 g/mol. The van der Waals surface area contributed by atoms with Crippen molar-refractivity contribution in [2.24, 2.45) is 0 Å². The Kier molecular flexibility index (Phi) is 4.13. The minimum Gasteiger partial charge on any atom is -0.0882 e. The molecule has 1 rings (SSSR count). The smallest absolute Gasteiger partial charge is 0.0283 e. The van der Waals surface area contributed by atoms with Crippen LogP contribution in [0.2, 0.25) is 0 Å². The van der Waals surface area contributed by atoms with Gasteiger partial charge in [-0.15, -0.1) is 0 Å². The van der Waals surface area contributed by atoms with Crippen molar-refractivity contribution in [2.45, 2.75) is 52.4 Å². The van der Waals surface area contributed by atoms with Crippen molar-refractivity contribution in [1.82, 2.24) is 0 Å². The Morgan fingerprint density at radius 3 is 1.67 bits per heavy atom. The summed E-state index contributed by atoms with van der Waals surface area (Å²) in [5.41, 5.74) is 3.45. The SMILES string of the molecule is CCC1=C(CC)CC/C=C/CC1. The molecule has 0 heteroatoms. The van der Waals surface area contributed by atoms with Crippen molar-refractivity contribution in [2.75, 3.05) is 0 Å². The Balaban J connectivity index is 2.67. The Hall–Kier alpha value is -0.520. The van der Waals surface area contributed by atoms with E-state index in [-0.39, 0.29) is 0 Å². The highest BCUT2D eigenvalue weighted by Gasteiger charge is 2.04. The predicted octanol–water partition coefficient (Wildman–Crippen LogP) is 4.23. The van der Waals surface area contributed by atoms with Gasteiger partial charge in [0.05, 0.1) is 0 Å². The van der Waals surface area contributed by atoms with E-state index in [0.29, 0.717) is 0 Å². The molecule has 0 atom stereocenters. The zero-order chi connectivity index (χ0) is 8.81. The lowest BCUT2D eigenvalue weighted by Crippen LogP contribution is -1.93. The van der Waals surface area contributed by atoms with Crippen LogP contribution in [0.4, 0.5) is 0 Å². The Bertz CT molecular complexity index is 164. The molecule has 0 unspecified atom stereocenters. The van der Waals surface area contributed by atoms with Crippen LogP contribution in [0.15, 0.2) is 23.3 Å². The molecule has 1 aliphatic carbocycles. The Labute approximate surface area is 76.4 Å². The van der Waals surface area contributed by atoms with Gasteiger partial charge < -0.3 is 0 Å². The summed E-state index contributed by atoms with van der Waals surface area (Å²) >= 11 is 0. The predicted molar refractivity (Wildman–Crippen MR) is 55.2 cm³/mol. The molecule has 12 heavy (non-hydrogen) atoms. The van der Waals surface area contributed by atoms with E-state index in [0.717, 1.165) is 0 Å². The Morgan fingerprint density at radius 1 is 0.917 bits per heavy atom. The van der Waals surface area contributed by atoms with Gasteiger partial charge in [-0.3, -0.25) is 0 Å². The lowest BCUT2D eigenvalue weighted by atomic mass is 9.93. The van der Waals surface area contributed by atoms with E-state index >= 15 is 0 Å². The van der Waals surface area contributed by atoms with Gasteiger partial charge in [0.25, 0.3) is 0 Å². The minimum atomic E-state index is 1.26. The van der Waals surface area contributed by atoms with Crippen LogP contribution in [0.1, 0.15) is 52.4 Å². The van der Waals surface area contributed by atoms with Crippen LogP contribution in [-0.4, -0.2) is 0 Å². The van der Waals surface area contributed by atoms with E-state index in [4.69, 9.17) is 0 Å². The first kappa shape index (κ1) is 9.57. The molecule has 0 fully saturated rings. The molecule has 0 radical (unpaired) electrons. The average Bonchev–Trinajstić information content (AvgIpc) is 2.05. The summed E-state index contributed by atoms with van der Waals surface area (Å²) < 4.78 is 0. The van der Waals surface area contributed by atoms with E-state index in [1.54, 1.807) is 11.1 Å².